The lowest BCUT2D eigenvalue weighted by molar-refractivity contribution is -0.118. The van der Waals surface area contributed by atoms with E-state index in [2.05, 4.69) is 20.3 Å². The van der Waals surface area contributed by atoms with E-state index in [1.807, 2.05) is 19.1 Å². The Hall–Kier alpha value is -3.92. The average Bonchev–Trinajstić information content (AvgIpc) is 2.72. The van der Waals surface area contributed by atoms with Crippen molar-refractivity contribution in [2.75, 3.05) is 16.3 Å². The molecular formula is C23H24N4O5S. The number of amides is 2. The Balaban J connectivity index is 1.93. The number of nitrogens with zero attached hydrogens (tertiary/aromatic N) is 1. The summed E-state index contributed by atoms with van der Waals surface area (Å²) in [5.74, 6) is -0.574. The van der Waals surface area contributed by atoms with Gasteiger partial charge in [-0.2, -0.15) is 0 Å². The number of hydrogen-bond donors (Lipinski definition) is 4. The Morgan fingerprint density at radius 1 is 1.00 bits per heavy atom. The zero-order chi connectivity index (χ0) is 24.0. The maximum atomic E-state index is 13.0. The molecule has 0 spiro atoms. The highest BCUT2D eigenvalue weighted by atomic mass is 32.2. The fourth-order valence-electron chi connectivity index (χ4n) is 3.30. The second-order valence-electron chi connectivity index (χ2n) is 7.54. The summed E-state index contributed by atoms with van der Waals surface area (Å²) in [4.78, 5) is 28.4. The molecule has 1 unspecified atom stereocenters. The number of hydrogen-bond acceptors (Lipinski definition) is 5. The molecule has 0 bridgehead atoms. The Labute approximate surface area is 191 Å². The third-order valence-electron chi connectivity index (χ3n) is 4.63. The van der Waals surface area contributed by atoms with Crippen molar-refractivity contribution in [2.24, 2.45) is 0 Å². The van der Waals surface area contributed by atoms with E-state index >= 15 is 0 Å². The molecule has 172 valence electrons. The molecule has 2 aromatic carbocycles. The van der Waals surface area contributed by atoms with Crippen molar-refractivity contribution in [3.8, 4) is 11.1 Å². The third kappa shape index (κ3) is 7.32. The van der Waals surface area contributed by atoms with E-state index < -0.39 is 28.1 Å². The van der Waals surface area contributed by atoms with E-state index in [-0.39, 0.29) is 12.1 Å². The molecule has 0 saturated heterocycles. The number of nitrogens with one attached hydrogen (secondary N) is 3. The first-order chi connectivity index (χ1) is 15.6. The fourth-order valence-corrected chi connectivity index (χ4v) is 3.85. The van der Waals surface area contributed by atoms with E-state index in [0.29, 0.717) is 11.3 Å². The van der Waals surface area contributed by atoms with Crippen LogP contribution in [0.3, 0.4) is 0 Å². The number of aryl methyl sites for hydroxylation is 1. The third-order valence-corrected chi connectivity index (χ3v) is 5.24. The van der Waals surface area contributed by atoms with Gasteiger partial charge in [-0.1, -0.05) is 30.3 Å². The van der Waals surface area contributed by atoms with E-state index in [0.717, 1.165) is 23.1 Å². The van der Waals surface area contributed by atoms with Gasteiger partial charge in [0.05, 0.1) is 11.9 Å². The lowest BCUT2D eigenvalue weighted by Gasteiger charge is -2.18. The van der Waals surface area contributed by atoms with Gasteiger partial charge in [0.2, 0.25) is 15.9 Å². The number of sulfonamides is 1. The highest BCUT2D eigenvalue weighted by molar-refractivity contribution is 7.92. The summed E-state index contributed by atoms with van der Waals surface area (Å²) in [6.07, 6.45) is 1.48. The first-order valence-corrected chi connectivity index (χ1v) is 11.9. The molecule has 0 aliphatic carbocycles. The molecule has 4 N–H and O–H groups in total. The zero-order valence-corrected chi connectivity index (χ0v) is 18.9. The van der Waals surface area contributed by atoms with Crippen LogP contribution in [0, 0.1) is 6.92 Å². The molecule has 0 aliphatic rings. The Bertz CT molecular complexity index is 1260. The van der Waals surface area contributed by atoms with Crippen LogP contribution in [-0.4, -0.2) is 42.8 Å². The lowest BCUT2D eigenvalue weighted by atomic mass is 10.0. The molecule has 0 fully saturated rings. The van der Waals surface area contributed by atoms with Gasteiger partial charge in [-0.3, -0.25) is 14.5 Å². The summed E-state index contributed by atoms with van der Waals surface area (Å²) in [6.45, 7) is 1.83. The summed E-state index contributed by atoms with van der Waals surface area (Å²) < 4.78 is 26.0. The zero-order valence-electron chi connectivity index (χ0n) is 18.1. The van der Waals surface area contributed by atoms with Crippen LogP contribution in [0.4, 0.5) is 16.2 Å². The van der Waals surface area contributed by atoms with E-state index in [9.17, 15) is 23.1 Å². The van der Waals surface area contributed by atoms with E-state index in [1.54, 1.807) is 48.7 Å². The van der Waals surface area contributed by atoms with Crippen LogP contribution in [0.25, 0.3) is 11.1 Å². The van der Waals surface area contributed by atoms with Gasteiger partial charge in [-0.05, 0) is 53.9 Å². The number of carbonyl (C=O) groups is 2. The molecule has 10 heteroatoms. The first kappa shape index (κ1) is 23.7. The van der Waals surface area contributed by atoms with Crippen molar-refractivity contribution in [2.45, 2.75) is 19.4 Å². The van der Waals surface area contributed by atoms with Crippen LogP contribution in [0.5, 0.6) is 0 Å². The monoisotopic (exact) mass is 468 g/mol. The molecule has 0 saturated carbocycles. The summed E-state index contributed by atoms with van der Waals surface area (Å²) in [5.41, 5.74) is 3.55. The molecule has 1 atom stereocenters. The van der Waals surface area contributed by atoms with Crippen LogP contribution in [-0.2, 0) is 21.2 Å². The smallest absolute Gasteiger partial charge is 0.405 e. The highest BCUT2D eigenvalue weighted by Crippen LogP contribution is 2.28. The number of rotatable bonds is 8. The second-order valence-corrected chi connectivity index (χ2v) is 9.29. The van der Waals surface area contributed by atoms with Gasteiger partial charge in [-0.25, -0.2) is 13.2 Å². The topological polar surface area (TPSA) is 137 Å². The summed E-state index contributed by atoms with van der Waals surface area (Å²) in [6, 6.07) is 16.4. The Kier molecular flexibility index (Phi) is 7.29. The van der Waals surface area contributed by atoms with Gasteiger partial charge in [0.25, 0.3) is 0 Å². The van der Waals surface area contributed by atoms with Crippen LogP contribution < -0.4 is 15.4 Å². The number of benzene rings is 2. The minimum absolute atomic E-state index is 0.149. The molecule has 33 heavy (non-hydrogen) atoms. The Morgan fingerprint density at radius 3 is 2.33 bits per heavy atom. The maximum Gasteiger partial charge on any atom is 0.405 e. The van der Waals surface area contributed by atoms with Gasteiger partial charge >= 0.3 is 6.09 Å². The largest absolute Gasteiger partial charge is 0.465 e. The van der Waals surface area contributed by atoms with Crippen LogP contribution in [0.15, 0.2) is 66.9 Å². The number of carboxylic acid groups (broad SMARTS) is 1. The van der Waals surface area contributed by atoms with Crippen molar-refractivity contribution < 1.29 is 23.1 Å². The predicted octanol–water partition coefficient (Wildman–Crippen LogP) is 3.25. The van der Waals surface area contributed by atoms with Gasteiger partial charge in [0, 0.05) is 24.0 Å². The number of carbonyl (C=O) groups excluding carboxylic acids is 1. The Morgan fingerprint density at radius 2 is 1.70 bits per heavy atom. The normalized spacial score (nSPS) is 11.9. The fraction of sp³-hybridized carbons (Fsp3) is 0.174. The van der Waals surface area contributed by atoms with Gasteiger partial charge in [-0.15, -0.1) is 0 Å². The number of aromatic nitrogens is 1. The van der Waals surface area contributed by atoms with Crippen molar-refractivity contribution in [3.63, 3.8) is 0 Å². The molecule has 3 aromatic rings. The van der Waals surface area contributed by atoms with Crippen molar-refractivity contribution in [1.82, 2.24) is 10.3 Å². The minimum atomic E-state index is -3.57. The van der Waals surface area contributed by atoms with Crippen LogP contribution in [0.2, 0.25) is 0 Å². The van der Waals surface area contributed by atoms with E-state index in [1.165, 1.54) is 6.07 Å². The molecule has 1 heterocycles. The summed E-state index contributed by atoms with van der Waals surface area (Å²) >= 11 is 0. The maximum absolute atomic E-state index is 13.0. The highest BCUT2D eigenvalue weighted by Gasteiger charge is 2.22. The van der Waals surface area contributed by atoms with Gasteiger partial charge in [0.1, 0.15) is 6.04 Å². The van der Waals surface area contributed by atoms with E-state index in [4.69, 9.17) is 0 Å². The molecule has 0 aliphatic heterocycles. The van der Waals surface area contributed by atoms with Crippen molar-refractivity contribution in [1.29, 1.82) is 0 Å². The quantitative estimate of drug-likeness (QED) is 0.400. The number of anilines is 2. The van der Waals surface area contributed by atoms with Gasteiger partial charge in [0.15, 0.2) is 0 Å². The second kappa shape index (κ2) is 10.1. The molecule has 0 radical (unpaired) electrons. The molecule has 1 aromatic heterocycles. The summed E-state index contributed by atoms with van der Waals surface area (Å²) in [7, 11) is -3.57. The molecule has 9 nitrogen and oxygen atoms in total. The SMILES string of the molecule is Cc1cc(-c2cc(NC(=O)C(Cc3ccccc3)NC(=O)O)cc(NS(C)(=O)=O)c2)ccn1. The predicted molar refractivity (Wildman–Crippen MR) is 127 cm³/mol. The first-order valence-electron chi connectivity index (χ1n) is 9.99. The average molecular weight is 469 g/mol. The number of pyridine rings is 1. The lowest BCUT2D eigenvalue weighted by Crippen LogP contribution is -2.44. The van der Waals surface area contributed by atoms with Crippen LogP contribution >= 0.6 is 0 Å². The summed E-state index contributed by atoms with van der Waals surface area (Å²) in [5, 5.41) is 14.1. The molecular weight excluding hydrogens is 444 g/mol. The van der Waals surface area contributed by atoms with Crippen molar-refractivity contribution in [3.05, 3.63) is 78.1 Å². The van der Waals surface area contributed by atoms with Crippen LogP contribution in [0.1, 0.15) is 11.3 Å². The standard InChI is InChI=1S/C23H24N4O5S/c1-15-10-17(8-9-24-15)18-12-19(14-20(13-18)27-33(2,31)32)25-22(28)21(26-23(29)30)11-16-6-4-3-5-7-16/h3-10,12-14,21,26-27H,11H2,1-2H3,(H,25,28)(H,29,30). The minimum Gasteiger partial charge on any atom is -0.465 e. The molecule has 2 amide bonds. The molecule has 3 rings (SSSR count). The van der Waals surface area contributed by atoms with Gasteiger partial charge < -0.3 is 15.7 Å². The van der Waals surface area contributed by atoms with Crippen molar-refractivity contribution >= 4 is 33.4 Å².